The Kier molecular flexibility index (Phi) is 4.33. The number of methoxy groups -OCH3 is 1. The SMILES string of the molecule is COc1cc(C(C)=O)ccc1C[NH+]1CCOCC1. The second-order valence-corrected chi connectivity index (χ2v) is 4.62. The van der Waals surface area contributed by atoms with Gasteiger partial charge in [-0.25, -0.2) is 0 Å². The highest BCUT2D eigenvalue weighted by Gasteiger charge is 2.17. The number of quaternary nitrogens is 1. The van der Waals surface area contributed by atoms with Crippen LogP contribution in [0.3, 0.4) is 0 Å². The molecule has 1 aromatic carbocycles. The highest BCUT2D eigenvalue weighted by molar-refractivity contribution is 5.94. The van der Waals surface area contributed by atoms with Crippen LogP contribution in [-0.2, 0) is 11.3 Å². The van der Waals surface area contributed by atoms with Crippen molar-refractivity contribution in [2.45, 2.75) is 13.5 Å². The number of Topliss-reactive ketones (excluding diaryl/α,β-unsaturated/α-hetero) is 1. The molecule has 1 saturated heterocycles. The van der Waals surface area contributed by atoms with Gasteiger partial charge in [0.2, 0.25) is 0 Å². The quantitative estimate of drug-likeness (QED) is 0.782. The maximum atomic E-state index is 11.3. The van der Waals surface area contributed by atoms with Crippen molar-refractivity contribution < 1.29 is 19.2 Å². The summed E-state index contributed by atoms with van der Waals surface area (Å²) in [6.07, 6.45) is 0. The molecule has 18 heavy (non-hydrogen) atoms. The molecular weight excluding hydrogens is 230 g/mol. The summed E-state index contributed by atoms with van der Waals surface area (Å²) in [5.41, 5.74) is 1.85. The normalized spacial score (nSPS) is 16.6. The molecule has 2 rings (SSSR count). The van der Waals surface area contributed by atoms with Gasteiger partial charge in [0.1, 0.15) is 25.4 Å². The average molecular weight is 250 g/mol. The van der Waals surface area contributed by atoms with E-state index in [2.05, 4.69) is 0 Å². The van der Waals surface area contributed by atoms with E-state index in [4.69, 9.17) is 9.47 Å². The smallest absolute Gasteiger partial charge is 0.159 e. The average Bonchev–Trinajstić information content (AvgIpc) is 2.40. The third-order valence-electron chi connectivity index (χ3n) is 3.33. The number of morpholine rings is 1. The van der Waals surface area contributed by atoms with Gasteiger partial charge in [-0.15, -0.1) is 0 Å². The maximum absolute atomic E-state index is 11.3. The van der Waals surface area contributed by atoms with E-state index in [-0.39, 0.29) is 5.78 Å². The number of nitrogens with one attached hydrogen (secondary N) is 1. The van der Waals surface area contributed by atoms with Crippen LogP contribution in [-0.4, -0.2) is 39.2 Å². The topological polar surface area (TPSA) is 40.0 Å². The molecule has 1 fully saturated rings. The molecule has 0 spiro atoms. The molecule has 1 N–H and O–H groups in total. The van der Waals surface area contributed by atoms with E-state index in [1.807, 2.05) is 18.2 Å². The van der Waals surface area contributed by atoms with E-state index in [1.54, 1.807) is 14.0 Å². The van der Waals surface area contributed by atoms with Crippen LogP contribution in [0.25, 0.3) is 0 Å². The summed E-state index contributed by atoms with van der Waals surface area (Å²) in [7, 11) is 1.65. The van der Waals surface area contributed by atoms with Crippen molar-refractivity contribution in [3.05, 3.63) is 29.3 Å². The minimum atomic E-state index is 0.0681. The van der Waals surface area contributed by atoms with Crippen LogP contribution in [0.15, 0.2) is 18.2 Å². The molecule has 0 saturated carbocycles. The molecule has 1 aliphatic heterocycles. The monoisotopic (exact) mass is 250 g/mol. The number of ether oxygens (including phenoxy) is 2. The lowest BCUT2D eigenvalue weighted by Crippen LogP contribution is -3.12. The Hall–Kier alpha value is -1.39. The fourth-order valence-corrected chi connectivity index (χ4v) is 2.22. The molecule has 0 aliphatic carbocycles. The summed E-state index contributed by atoms with van der Waals surface area (Å²) < 4.78 is 10.7. The number of hydrogen-bond donors (Lipinski definition) is 1. The number of carbonyl (C=O) groups excluding carboxylic acids is 1. The van der Waals surface area contributed by atoms with Crippen LogP contribution in [0.1, 0.15) is 22.8 Å². The molecule has 0 radical (unpaired) electrons. The zero-order chi connectivity index (χ0) is 13.0. The lowest BCUT2D eigenvalue weighted by atomic mass is 10.1. The Balaban J connectivity index is 2.13. The standard InChI is InChI=1S/C14H19NO3/c1-11(16)12-3-4-13(14(9-12)17-2)10-15-5-7-18-8-6-15/h3-4,9H,5-8,10H2,1-2H3/p+1. The van der Waals surface area contributed by atoms with Crippen LogP contribution in [0.5, 0.6) is 5.75 Å². The van der Waals surface area contributed by atoms with E-state index in [0.717, 1.165) is 44.2 Å². The molecule has 98 valence electrons. The first-order valence-corrected chi connectivity index (χ1v) is 6.30. The molecule has 4 heteroatoms. The van der Waals surface area contributed by atoms with Gasteiger partial charge in [0.15, 0.2) is 5.78 Å². The van der Waals surface area contributed by atoms with Gasteiger partial charge in [-0.2, -0.15) is 0 Å². The van der Waals surface area contributed by atoms with Crippen LogP contribution in [0.2, 0.25) is 0 Å². The molecule has 0 unspecified atom stereocenters. The third-order valence-corrected chi connectivity index (χ3v) is 3.33. The largest absolute Gasteiger partial charge is 0.496 e. The lowest BCUT2D eigenvalue weighted by molar-refractivity contribution is -0.921. The molecule has 0 bridgehead atoms. The lowest BCUT2D eigenvalue weighted by Gasteiger charge is -2.24. The molecule has 4 nitrogen and oxygen atoms in total. The van der Waals surface area contributed by atoms with E-state index in [1.165, 1.54) is 4.90 Å². The van der Waals surface area contributed by atoms with Gasteiger partial charge in [-0.05, 0) is 19.1 Å². The van der Waals surface area contributed by atoms with Gasteiger partial charge in [0, 0.05) is 11.1 Å². The second kappa shape index (κ2) is 5.98. The van der Waals surface area contributed by atoms with Crippen LogP contribution >= 0.6 is 0 Å². The Morgan fingerprint density at radius 2 is 2.11 bits per heavy atom. The first-order valence-electron chi connectivity index (χ1n) is 6.30. The molecule has 0 amide bonds. The summed E-state index contributed by atoms with van der Waals surface area (Å²) in [4.78, 5) is 12.8. The summed E-state index contributed by atoms with van der Waals surface area (Å²) in [5.74, 6) is 0.875. The Bertz CT molecular complexity index is 425. The van der Waals surface area contributed by atoms with Crippen molar-refractivity contribution >= 4 is 5.78 Å². The molecule has 0 atom stereocenters. The molecule has 1 aliphatic rings. The fraction of sp³-hybridized carbons (Fsp3) is 0.500. The van der Waals surface area contributed by atoms with Gasteiger partial charge in [0.25, 0.3) is 0 Å². The van der Waals surface area contributed by atoms with Crippen LogP contribution in [0.4, 0.5) is 0 Å². The molecule has 1 aromatic rings. The summed E-state index contributed by atoms with van der Waals surface area (Å²) in [6.45, 7) is 6.19. The number of carbonyl (C=O) groups is 1. The van der Waals surface area contributed by atoms with Gasteiger partial charge >= 0.3 is 0 Å². The van der Waals surface area contributed by atoms with E-state index in [0.29, 0.717) is 5.56 Å². The van der Waals surface area contributed by atoms with E-state index >= 15 is 0 Å². The summed E-state index contributed by atoms with van der Waals surface area (Å²) >= 11 is 0. The number of benzene rings is 1. The van der Waals surface area contributed by atoms with Gasteiger partial charge in [0.05, 0.1) is 20.3 Å². The fourth-order valence-electron chi connectivity index (χ4n) is 2.22. The van der Waals surface area contributed by atoms with Crippen molar-refractivity contribution in [1.82, 2.24) is 0 Å². The predicted molar refractivity (Wildman–Crippen MR) is 68.2 cm³/mol. The highest BCUT2D eigenvalue weighted by atomic mass is 16.5. The Labute approximate surface area is 107 Å². The zero-order valence-corrected chi connectivity index (χ0v) is 11.0. The maximum Gasteiger partial charge on any atom is 0.159 e. The van der Waals surface area contributed by atoms with Crippen LogP contribution in [0, 0.1) is 0 Å². The minimum Gasteiger partial charge on any atom is -0.496 e. The Morgan fingerprint density at radius 1 is 1.39 bits per heavy atom. The predicted octanol–water partition coefficient (Wildman–Crippen LogP) is 0.313. The van der Waals surface area contributed by atoms with E-state index < -0.39 is 0 Å². The molecule has 0 aromatic heterocycles. The van der Waals surface area contributed by atoms with E-state index in [9.17, 15) is 4.79 Å². The second-order valence-electron chi connectivity index (χ2n) is 4.62. The first kappa shape index (κ1) is 13.1. The number of hydrogen-bond acceptors (Lipinski definition) is 3. The zero-order valence-electron chi connectivity index (χ0n) is 11.0. The van der Waals surface area contributed by atoms with Crippen molar-refractivity contribution in [3.63, 3.8) is 0 Å². The first-order chi connectivity index (χ1) is 8.70. The highest BCUT2D eigenvalue weighted by Crippen LogP contribution is 2.19. The van der Waals surface area contributed by atoms with Crippen molar-refractivity contribution in [2.75, 3.05) is 33.4 Å². The summed E-state index contributed by atoms with van der Waals surface area (Å²) in [5, 5.41) is 0. The van der Waals surface area contributed by atoms with Crippen molar-refractivity contribution in [1.29, 1.82) is 0 Å². The molecule has 1 heterocycles. The molecular formula is C14H20NO3+. The van der Waals surface area contributed by atoms with Gasteiger partial charge in [-0.1, -0.05) is 6.07 Å². The number of ketones is 1. The third kappa shape index (κ3) is 3.09. The summed E-state index contributed by atoms with van der Waals surface area (Å²) in [6, 6.07) is 5.70. The van der Waals surface area contributed by atoms with Crippen molar-refractivity contribution in [3.8, 4) is 5.75 Å². The van der Waals surface area contributed by atoms with Crippen molar-refractivity contribution in [2.24, 2.45) is 0 Å². The Morgan fingerprint density at radius 3 is 2.72 bits per heavy atom. The number of rotatable bonds is 4. The van der Waals surface area contributed by atoms with Gasteiger partial charge < -0.3 is 14.4 Å². The van der Waals surface area contributed by atoms with Gasteiger partial charge in [-0.3, -0.25) is 4.79 Å². The van der Waals surface area contributed by atoms with Crippen LogP contribution < -0.4 is 9.64 Å². The minimum absolute atomic E-state index is 0.0681.